The van der Waals surface area contributed by atoms with Crippen molar-refractivity contribution in [1.82, 2.24) is 0 Å². The number of methoxy groups -OCH3 is 1. The molecule has 1 aliphatic rings. The van der Waals surface area contributed by atoms with Crippen molar-refractivity contribution in [2.75, 3.05) is 12.0 Å². The van der Waals surface area contributed by atoms with E-state index in [0.717, 1.165) is 11.1 Å². The minimum absolute atomic E-state index is 0.0318. The summed E-state index contributed by atoms with van der Waals surface area (Å²) in [4.78, 5) is 27.4. The third-order valence-electron chi connectivity index (χ3n) is 5.29. The van der Waals surface area contributed by atoms with Crippen LogP contribution in [0.5, 0.6) is 0 Å². The van der Waals surface area contributed by atoms with E-state index in [9.17, 15) is 9.59 Å². The molecule has 3 rings (SSSR count). The molecule has 156 valence electrons. The molecule has 0 saturated heterocycles. The van der Waals surface area contributed by atoms with Gasteiger partial charge in [0, 0.05) is 10.7 Å². The summed E-state index contributed by atoms with van der Waals surface area (Å²) >= 11 is 6.27. The zero-order valence-corrected chi connectivity index (χ0v) is 18.9. The Morgan fingerprint density at radius 3 is 2.23 bits per heavy atom. The smallest absolute Gasteiger partial charge is 0.340 e. The minimum Gasteiger partial charge on any atom is -0.465 e. The highest BCUT2D eigenvalue weighted by Gasteiger charge is 2.38. The SMILES string of the molecule is COC(=O)C1=C(C)N(c2ccc(C)c(Cl)c2)C(=O)/C1=C\c1ccc(C(C)(C)C)cc1. The van der Waals surface area contributed by atoms with Crippen molar-refractivity contribution in [1.29, 1.82) is 0 Å². The number of ether oxygens (including phenoxy) is 1. The lowest BCUT2D eigenvalue weighted by Crippen LogP contribution is -2.24. The lowest BCUT2D eigenvalue weighted by atomic mass is 9.86. The molecule has 1 amide bonds. The number of carbonyl (C=O) groups is 2. The van der Waals surface area contributed by atoms with Crippen LogP contribution >= 0.6 is 11.6 Å². The maximum absolute atomic E-state index is 13.3. The molecule has 1 heterocycles. The predicted molar refractivity (Wildman–Crippen MR) is 122 cm³/mol. The summed E-state index contributed by atoms with van der Waals surface area (Å²) in [5.41, 5.74) is 4.67. The Hall–Kier alpha value is -2.85. The lowest BCUT2D eigenvalue weighted by Gasteiger charge is -2.19. The molecule has 0 bridgehead atoms. The first kappa shape index (κ1) is 21.8. The Labute approximate surface area is 182 Å². The molecular weight excluding hydrogens is 398 g/mol. The van der Waals surface area contributed by atoms with Gasteiger partial charge in [0.15, 0.2) is 0 Å². The number of hydrogen-bond donors (Lipinski definition) is 0. The van der Waals surface area contributed by atoms with Gasteiger partial charge in [-0.15, -0.1) is 0 Å². The molecule has 0 aliphatic carbocycles. The van der Waals surface area contributed by atoms with Gasteiger partial charge in [0.05, 0.1) is 23.9 Å². The number of anilines is 1. The number of aryl methyl sites for hydroxylation is 1. The molecule has 0 saturated carbocycles. The highest BCUT2D eigenvalue weighted by Crippen LogP contribution is 2.37. The van der Waals surface area contributed by atoms with E-state index in [1.54, 1.807) is 19.1 Å². The van der Waals surface area contributed by atoms with Gasteiger partial charge in [0.25, 0.3) is 5.91 Å². The third kappa shape index (κ3) is 4.05. The fourth-order valence-corrected chi connectivity index (χ4v) is 3.63. The van der Waals surface area contributed by atoms with Gasteiger partial charge in [-0.05, 0) is 54.2 Å². The zero-order valence-electron chi connectivity index (χ0n) is 18.2. The van der Waals surface area contributed by atoms with E-state index in [-0.39, 0.29) is 16.9 Å². The molecule has 30 heavy (non-hydrogen) atoms. The molecule has 2 aromatic carbocycles. The Kier molecular flexibility index (Phi) is 5.91. The molecule has 5 heteroatoms. The van der Waals surface area contributed by atoms with E-state index < -0.39 is 5.97 Å². The molecule has 1 aliphatic heterocycles. The van der Waals surface area contributed by atoms with Crippen molar-refractivity contribution in [3.8, 4) is 0 Å². The highest BCUT2D eigenvalue weighted by atomic mass is 35.5. The van der Waals surface area contributed by atoms with Gasteiger partial charge in [0.2, 0.25) is 0 Å². The van der Waals surface area contributed by atoms with Crippen molar-refractivity contribution in [3.05, 3.63) is 81.0 Å². The van der Waals surface area contributed by atoms with Crippen LogP contribution in [0.1, 0.15) is 44.4 Å². The van der Waals surface area contributed by atoms with Crippen LogP contribution in [0.15, 0.2) is 59.3 Å². The molecule has 0 aromatic heterocycles. The van der Waals surface area contributed by atoms with Gasteiger partial charge >= 0.3 is 5.97 Å². The number of rotatable bonds is 3. The van der Waals surface area contributed by atoms with Crippen LogP contribution < -0.4 is 4.90 Å². The second-order valence-electron chi connectivity index (χ2n) is 8.46. The topological polar surface area (TPSA) is 46.6 Å². The highest BCUT2D eigenvalue weighted by molar-refractivity contribution is 6.32. The van der Waals surface area contributed by atoms with Crippen LogP contribution in [-0.4, -0.2) is 19.0 Å². The van der Waals surface area contributed by atoms with E-state index in [0.29, 0.717) is 22.0 Å². The van der Waals surface area contributed by atoms with Crippen LogP contribution in [0.4, 0.5) is 5.69 Å². The van der Waals surface area contributed by atoms with Gasteiger partial charge in [0.1, 0.15) is 0 Å². The molecule has 0 radical (unpaired) electrons. The largest absolute Gasteiger partial charge is 0.465 e. The number of carbonyl (C=O) groups excluding carboxylic acids is 2. The first-order valence-electron chi connectivity index (χ1n) is 9.77. The van der Waals surface area contributed by atoms with Crippen molar-refractivity contribution in [3.63, 3.8) is 0 Å². The second-order valence-corrected chi connectivity index (χ2v) is 8.86. The lowest BCUT2D eigenvalue weighted by molar-refractivity contribution is -0.136. The van der Waals surface area contributed by atoms with Crippen LogP contribution in [0.3, 0.4) is 0 Å². The molecule has 4 nitrogen and oxygen atoms in total. The van der Waals surface area contributed by atoms with Crippen molar-refractivity contribution in [2.24, 2.45) is 0 Å². The molecule has 2 aromatic rings. The monoisotopic (exact) mass is 423 g/mol. The van der Waals surface area contributed by atoms with Crippen molar-refractivity contribution >= 4 is 35.2 Å². The number of allylic oxidation sites excluding steroid dienone is 1. The van der Waals surface area contributed by atoms with Crippen LogP contribution in [0.2, 0.25) is 5.02 Å². The first-order chi connectivity index (χ1) is 14.0. The standard InChI is InChI=1S/C25H26ClNO3/c1-15-7-12-19(14-21(15)26)27-16(2)22(24(29)30-6)20(23(27)28)13-17-8-10-18(11-9-17)25(3,4)5/h7-14H,1-6H3/b20-13-. The molecular formula is C25H26ClNO3. The third-order valence-corrected chi connectivity index (χ3v) is 5.70. The Morgan fingerprint density at radius 1 is 1.07 bits per heavy atom. The first-order valence-corrected chi connectivity index (χ1v) is 10.1. The number of benzene rings is 2. The summed E-state index contributed by atoms with van der Waals surface area (Å²) in [6, 6.07) is 13.4. The van der Waals surface area contributed by atoms with E-state index >= 15 is 0 Å². The number of nitrogens with zero attached hydrogens (tertiary/aromatic N) is 1. The van der Waals surface area contributed by atoms with E-state index in [1.807, 2.05) is 43.3 Å². The molecule has 0 unspecified atom stereocenters. The number of amides is 1. The van der Waals surface area contributed by atoms with Crippen molar-refractivity contribution in [2.45, 2.75) is 40.0 Å². The Morgan fingerprint density at radius 2 is 1.70 bits per heavy atom. The van der Waals surface area contributed by atoms with E-state index in [4.69, 9.17) is 16.3 Å². The average molecular weight is 424 g/mol. The number of esters is 1. The van der Waals surface area contributed by atoms with Gasteiger partial charge in [-0.3, -0.25) is 9.69 Å². The summed E-state index contributed by atoms with van der Waals surface area (Å²) in [5.74, 6) is -0.827. The minimum atomic E-state index is -0.542. The maximum atomic E-state index is 13.3. The Bertz CT molecular complexity index is 1070. The number of halogens is 1. The normalized spacial score (nSPS) is 15.9. The predicted octanol–water partition coefficient (Wildman–Crippen LogP) is 5.82. The van der Waals surface area contributed by atoms with E-state index in [2.05, 4.69) is 20.8 Å². The fourth-order valence-electron chi connectivity index (χ4n) is 3.46. The summed E-state index contributed by atoms with van der Waals surface area (Å²) in [7, 11) is 1.31. The van der Waals surface area contributed by atoms with Crippen LogP contribution in [-0.2, 0) is 19.7 Å². The van der Waals surface area contributed by atoms with Crippen molar-refractivity contribution < 1.29 is 14.3 Å². The number of hydrogen-bond acceptors (Lipinski definition) is 3. The Balaban J connectivity index is 2.09. The summed E-state index contributed by atoms with van der Waals surface area (Å²) < 4.78 is 4.97. The van der Waals surface area contributed by atoms with Gasteiger partial charge < -0.3 is 4.74 Å². The van der Waals surface area contributed by atoms with E-state index in [1.165, 1.54) is 17.6 Å². The van der Waals surface area contributed by atoms with Crippen LogP contribution in [0.25, 0.3) is 6.08 Å². The quantitative estimate of drug-likeness (QED) is 0.461. The fraction of sp³-hybridized carbons (Fsp3) is 0.280. The molecule has 0 atom stereocenters. The van der Waals surface area contributed by atoms with Gasteiger partial charge in [-0.2, -0.15) is 0 Å². The summed E-state index contributed by atoms with van der Waals surface area (Å²) in [5, 5.41) is 0.558. The average Bonchev–Trinajstić information content (AvgIpc) is 2.93. The zero-order chi connectivity index (χ0) is 22.2. The van der Waals surface area contributed by atoms with Crippen LogP contribution in [0, 0.1) is 6.92 Å². The maximum Gasteiger partial charge on any atom is 0.340 e. The second kappa shape index (κ2) is 8.11. The summed E-state index contributed by atoms with van der Waals surface area (Å²) in [6.45, 7) is 10.1. The van der Waals surface area contributed by atoms with Gasteiger partial charge in [-0.25, -0.2) is 4.79 Å². The molecule has 0 N–H and O–H groups in total. The molecule has 0 spiro atoms. The van der Waals surface area contributed by atoms with Gasteiger partial charge in [-0.1, -0.05) is 62.7 Å². The summed E-state index contributed by atoms with van der Waals surface area (Å²) in [6.07, 6.45) is 1.74. The molecule has 0 fully saturated rings.